The highest BCUT2D eigenvalue weighted by molar-refractivity contribution is 5.73. The monoisotopic (exact) mass is 203 g/mol. The Morgan fingerprint density at radius 2 is 2.07 bits per heavy atom. The van der Waals surface area contributed by atoms with Gasteiger partial charge in [0.15, 0.2) is 0 Å². The van der Waals surface area contributed by atoms with Crippen LogP contribution in [0.15, 0.2) is 18.2 Å². The number of nitrogen functional groups attached to an aromatic ring is 1. The van der Waals surface area contributed by atoms with Gasteiger partial charge in [0.25, 0.3) is 0 Å². The maximum atomic E-state index is 9.79. The van der Waals surface area contributed by atoms with E-state index in [9.17, 15) is 5.11 Å². The van der Waals surface area contributed by atoms with E-state index in [1.54, 1.807) is 12.1 Å². The Bertz CT molecular complexity index is 503. The van der Waals surface area contributed by atoms with E-state index in [2.05, 4.69) is 10.2 Å². The number of rotatable bonds is 1. The first kappa shape index (κ1) is 9.58. The number of hydrogen-bond acceptors (Lipinski definition) is 3. The molecule has 1 aromatic heterocycles. The average molecular weight is 203 g/mol. The van der Waals surface area contributed by atoms with Gasteiger partial charge in [-0.15, -0.1) is 0 Å². The zero-order valence-electron chi connectivity index (χ0n) is 8.70. The highest BCUT2D eigenvalue weighted by Crippen LogP contribution is 2.33. The molecule has 2 rings (SSSR count). The summed E-state index contributed by atoms with van der Waals surface area (Å²) in [4.78, 5) is 0. The molecule has 4 nitrogen and oxygen atoms in total. The Kier molecular flexibility index (Phi) is 2.11. The predicted octanol–water partition coefficient (Wildman–Crippen LogP) is 1.98. The third-order valence-electron chi connectivity index (χ3n) is 2.58. The second-order valence-corrected chi connectivity index (χ2v) is 3.61. The molecule has 0 saturated heterocycles. The summed E-state index contributed by atoms with van der Waals surface area (Å²) < 4.78 is 0. The molecule has 2 aromatic rings. The van der Waals surface area contributed by atoms with Crippen molar-refractivity contribution in [2.45, 2.75) is 13.8 Å². The molecule has 0 amide bonds. The minimum atomic E-state index is 0.238. The number of nitrogens with one attached hydrogen (secondary N) is 1. The van der Waals surface area contributed by atoms with Crippen molar-refractivity contribution >= 4 is 5.82 Å². The quantitative estimate of drug-likeness (QED) is 0.663. The fourth-order valence-corrected chi connectivity index (χ4v) is 1.61. The van der Waals surface area contributed by atoms with Gasteiger partial charge in [-0.2, -0.15) is 5.10 Å². The van der Waals surface area contributed by atoms with Crippen molar-refractivity contribution in [2.75, 3.05) is 5.73 Å². The van der Waals surface area contributed by atoms with Crippen molar-refractivity contribution in [2.24, 2.45) is 0 Å². The first-order valence-corrected chi connectivity index (χ1v) is 4.70. The van der Waals surface area contributed by atoms with Gasteiger partial charge in [-0.05, 0) is 31.0 Å². The van der Waals surface area contributed by atoms with Crippen molar-refractivity contribution < 1.29 is 5.11 Å². The number of nitrogens with zero attached hydrogens (tertiary/aromatic N) is 1. The molecular formula is C11H13N3O. The van der Waals surface area contributed by atoms with Crippen LogP contribution < -0.4 is 5.73 Å². The number of benzene rings is 1. The molecule has 0 atom stereocenters. The minimum Gasteiger partial charge on any atom is -0.507 e. The Labute approximate surface area is 87.7 Å². The van der Waals surface area contributed by atoms with E-state index in [4.69, 9.17) is 5.73 Å². The first-order chi connectivity index (χ1) is 7.09. The number of nitrogens with two attached hydrogens (primary N) is 1. The first-order valence-electron chi connectivity index (χ1n) is 4.70. The zero-order chi connectivity index (χ0) is 11.0. The molecule has 4 N–H and O–H groups in total. The van der Waals surface area contributed by atoms with E-state index in [1.807, 2.05) is 19.9 Å². The molecule has 0 saturated carbocycles. The Balaban J connectivity index is 2.66. The maximum Gasteiger partial charge on any atom is 0.145 e. The molecule has 15 heavy (non-hydrogen) atoms. The summed E-state index contributed by atoms with van der Waals surface area (Å²) in [5.74, 6) is 0.659. The second kappa shape index (κ2) is 3.31. The molecular weight excluding hydrogens is 190 g/mol. The predicted molar refractivity (Wildman–Crippen MR) is 59.6 cm³/mol. The van der Waals surface area contributed by atoms with Gasteiger partial charge in [0.05, 0.1) is 5.69 Å². The summed E-state index contributed by atoms with van der Waals surface area (Å²) in [6, 6.07) is 5.27. The molecule has 1 heterocycles. The molecule has 0 spiro atoms. The van der Waals surface area contributed by atoms with E-state index in [-0.39, 0.29) is 5.75 Å². The lowest BCUT2D eigenvalue weighted by Gasteiger charge is -2.08. The molecule has 0 radical (unpaired) electrons. The molecule has 1 aromatic carbocycles. The van der Waals surface area contributed by atoms with Gasteiger partial charge < -0.3 is 10.8 Å². The van der Waals surface area contributed by atoms with Crippen molar-refractivity contribution in [3.63, 3.8) is 0 Å². The lowest BCUT2D eigenvalue weighted by molar-refractivity contribution is 0.476. The van der Waals surface area contributed by atoms with Crippen LogP contribution in [0.5, 0.6) is 5.75 Å². The van der Waals surface area contributed by atoms with E-state index in [1.165, 1.54) is 0 Å². The molecule has 4 heteroatoms. The van der Waals surface area contributed by atoms with E-state index < -0.39 is 0 Å². The number of anilines is 1. The van der Waals surface area contributed by atoms with Crippen LogP contribution >= 0.6 is 0 Å². The smallest absolute Gasteiger partial charge is 0.145 e. The highest BCUT2D eigenvalue weighted by Gasteiger charge is 2.11. The van der Waals surface area contributed by atoms with Crippen LogP contribution in [0.4, 0.5) is 5.82 Å². The van der Waals surface area contributed by atoms with Crippen LogP contribution in [-0.2, 0) is 0 Å². The van der Waals surface area contributed by atoms with Gasteiger partial charge in [-0.1, -0.05) is 6.07 Å². The van der Waals surface area contributed by atoms with Crippen LogP contribution in [0.1, 0.15) is 11.1 Å². The summed E-state index contributed by atoms with van der Waals surface area (Å²) in [5.41, 5.74) is 9.18. The van der Waals surface area contributed by atoms with Crippen LogP contribution in [0.3, 0.4) is 0 Å². The molecule has 0 aliphatic carbocycles. The SMILES string of the molecule is Cc1ccc(O)c(-c2cc(N)n[nH]2)c1C. The number of aromatic amines is 1. The van der Waals surface area contributed by atoms with Crippen LogP contribution in [0.25, 0.3) is 11.3 Å². The Hall–Kier alpha value is -1.97. The number of aromatic hydroxyl groups is 1. The fourth-order valence-electron chi connectivity index (χ4n) is 1.61. The van der Waals surface area contributed by atoms with Gasteiger partial charge in [0.2, 0.25) is 0 Å². The normalized spacial score (nSPS) is 10.5. The maximum absolute atomic E-state index is 9.79. The Morgan fingerprint density at radius 1 is 1.33 bits per heavy atom. The third-order valence-corrected chi connectivity index (χ3v) is 2.58. The van der Waals surface area contributed by atoms with Gasteiger partial charge in [-0.3, -0.25) is 5.10 Å². The summed E-state index contributed by atoms with van der Waals surface area (Å²) >= 11 is 0. The summed E-state index contributed by atoms with van der Waals surface area (Å²) in [6.07, 6.45) is 0. The second-order valence-electron chi connectivity index (χ2n) is 3.61. The van der Waals surface area contributed by atoms with Crippen LogP contribution in [0.2, 0.25) is 0 Å². The van der Waals surface area contributed by atoms with E-state index in [0.717, 1.165) is 22.4 Å². The standard InChI is InChI=1S/C11H13N3O/c1-6-3-4-9(15)11(7(6)2)8-5-10(12)14-13-8/h3-5,15H,1-2H3,(H3,12,13,14). The summed E-state index contributed by atoms with van der Waals surface area (Å²) in [7, 11) is 0. The van der Waals surface area contributed by atoms with Gasteiger partial charge in [0.1, 0.15) is 11.6 Å². The Morgan fingerprint density at radius 3 is 2.67 bits per heavy atom. The minimum absolute atomic E-state index is 0.238. The van der Waals surface area contributed by atoms with Crippen molar-refractivity contribution in [1.29, 1.82) is 0 Å². The number of H-pyrrole nitrogens is 1. The van der Waals surface area contributed by atoms with Gasteiger partial charge in [-0.25, -0.2) is 0 Å². The fraction of sp³-hybridized carbons (Fsp3) is 0.182. The topological polar surface area (TPSA) is 74.9 Å². The van der Waals surface area contributed by atoms with Crippen molar-refractivity contribution in [1.82, 2.24) is 10.2 Å². The number of phenolic OH excluding ortho intramolecular Hbond substituents is 1. The average Bonchev–Trinajstić information content (AvgIpc) is 2.59. The van der Waals surface area contributed by atoms with E-state index in [0.29, 0.717) is 5.82 Å². The number of phenols is 1. The van der Waals surface area contributed by atoms with Crippen molar-refractivity contribution in [3.8, 4) is 17.0 Å². The molecule has 78 valence electrons. The van der Waals surface area contributed by atoms with Gasteiger partial charge in [0, 0.05) is 11.6 Å². The molecule has 0 fully saturated rings. The van der Waals surface area contributed by atoms with Crippen LogP contribution in [0, 0.1) is 13.8 Å². The number of aryl methyl sites for hydroxylation is 1. The molecule has 0 bridgehead atoms. The highest BCUT2D eigenvalue weighted by atomic mass is 16.3. The lowest BCUT2D eigenvalue weighted by atomic mass is 10.00. The number of aromatic nitrogens is 2. The molecule has 0 unspecified atom stereocenters. The van der Waals surface area contributed by atoms with Gasteiger partial charge >= 0.3 is 0 Å². The molecule has 0 aliphatic rings. The third kappa shape index (κ3) is 1.54. The van der Waals surface area contributed by atoms with E-state index >= 15 is 0 Å². The van der Waals surface area contributed by atoms with Crippen LogP contribution in [-0.4, -0.2) is 15.3 Å². The van der Waals surface area contributed by atoms with Crippen molar-refractivity contribution in [3.05, 3.63) is 29.3 Å². The lowest BCUT2D eigenvalue weighted by Crippen LogP contribution is -1.88. The zero-order valence-corrected chi connectivity index (χ0v) is 8.70. The molecule has 0 aliphatic heterocycles. The summed E-state index contributed by atoms with van der Waals surface area (Å²) in [5, 5.41) is 16.4. The summed E-state index contributed by atoms with van der Waals surface area (Å²) in [6.45, 7) is 3.96. The number of hydrogen-bond donors (Lipinski definition) is 3. The largest absolute Gasteiger partial charge is 0.507 e.